The standard InChI is InChI=1S/C14H18O/c1-10-8-14(7-3-6-13(14)15)9-11-4-2-5-12(10)11/h1-9H2. The van der Waals surface area contributed by atoms with E-state index in [4.69, 9.17) is 0 Å². The van der Waals surface area contributed by atoms with Crippen molar-refractivity contribution in [3.8, 4) is 0 Å². The summed E-state index contributed by atoms with van der Waals surface area (Å²) in [6.07, 6.45) is 8.80. The highest BCUT2D eigenvalue weighted by molar-refractivity contribution is 5.88. The molecule has 0 radical (unpaired) electrons. The van der Waals surface area contributed by atoms with Gasteiger partial charge in [-0.25, -0.2) is 0 Å². The van der Waals surface area contributed by atoms with E-state index >= 15 is 0 Å². The average molecular weight is 202 g/mol. The van der Waals surface area contributed by atoms with E-state index < -0.39 is 0 Å². The Hall–Kier alpha value is -0.850. The van der Waals surface area contributed by atoms with Gasteiger partial charge in [-0.1, -0.05) is 17.7 Å². The summed E-state index contributed by atoms with van der Waals surface area (Å²) in [6.45, 7) is 4.20. The zero-order valence-electron chi connectivity index (χ0n) is 9.27. The number of hydrogen-bond acceptors (Lipinski definition) is 1. The van der Waals surface area contributed by atoms with Crippen LogP contribution in [0.15, 0.2) is 23.3 Å². The number of allylic oxidation sites excluding steroid dienone is 3. The predicted octanol–water partition coefficient (Wildman–Crippen LogP) is 3.56. The SMILES string of the molecule is C=C1CC2(CCCC2=O)CC2=C1CCC2. The molecule has 1 unspecified atom stereocenters. The van der Waals surface area contributed by atoms with Gasteiger partial charge in [0, 0.05) is 11.8 Å². The Kier molecular flexibility index (Phi) is 1.92. The predicted molar refractivity (Wildman–Crippen MR) is 60.5 cm³/mol. The molecule has 1 fully saturated rings. The van der Waals surface area contributed by atoms with Crippen LogP contribution in [0.1, 0.15) is 51.4 Å². The van der Waals surface area contributed by atoms with Crippen LogP contribution in [0.3, 0.4) is 0 Å². The fourth-order valence-electron chi connectivity index (χ4n) is 3.78. The lowest BCUT2D eigenvalue weighted by atomic mass is 9.69. The molecular formula is C14H18O. The Labute approximate surface area is 91.2 Å². The van der Waals surface area contributed by atoms with Gasteiger partial charge in [0.15, 0.2) is 0 Å². The minimum absolute atomic E-state index is 0.000255. The molecule has 1 atom stereocenters. The normalized spacial score (nSPS) is 35.5. The first kappa shape index (κ1) is 9.38. The number of carbonyl (C=O) groups is 1. The molecule has 0 aliphatic heterocycles. The molecule has 1 heteroatoms. The average Bonchev–Trinajstić information content (AvgIpc) is 2.76. The van der Waals surface area contributed by atoms with E-state index in [-0.39, 0.29) is 5.41 Å². The summed E-state index contributed by atoms with van der Waals surface area (Å²) in [5.41, 5.74) is 4.38. The number of rotatable bonds is 0. The minimum Gasteiger partial charge on any atom is -0.299 e. The van der Waals surface area contributed by atoms with Gasteiger partial charge in [-0.15, -0.1) is 0 Å². The first-order valence-corrected chi connectivity index (χ1v) is 6.14. The van der Waals surface area contributed by atoms with Crippen molar-refractivity contribution in [2.75, 3.05) is 0 Å². The van der Waals surface area contributed by atoms with Gasteiger partial charge in [0.05, 0.1) is 0 Å². The molecule has 1 spiro atoms. The van der Waals surface area contributed by atoms with Gasteiger partial charge in [-0.2, -0.15) is 0 Å². The molecular weight excluding hydrogens is 184 g/mol. The molecule has 15 heavy (non-hydrogen) atoms. The third kappa shape index (κ3) is 1.25. The number of Topliss-reactive ketones (excluding diaryl/α,β-unsaturated/α-hetero) is 1. The van der Waals surface area contributed by atoms with E-state index in [2.05, 4.69) is 6.58 Å². The lowest BCUT2D eigenvalue weighted by Crippen LogP contribution is -2.29. The summed E-state index contributed by atoms with van der Waals surface area (Å²) in [5.74, 6) is 0.516. The van der Waals surface area contributed by atoms with Crippen LogP contribution in [0.25, 0.3) is 0 Å². The van der Waals surface area contributed by atoms with Crippen LogP contribution < -0.4 is 0 Å². The van der Waals surface area contributed by atoms with Crippen molar-refractivity contribution in [3.05, 3.63) is 23.3 Å². The van der Waals surface area contributed by atoms with Crippen LogP contribution in [-0.4, -0.2) is 5.78 Å². The minimum atomic E-state index is 0.000255. The molecule has 0 aromatic carbocycles. The van der Waals surface area contributed by atoms with Crippen LogP contribution in [0.5, 0.6) is 0 Å². The van der Waals surface area contributed by atoms with Crippen LogP contribution in [0.4, 0.5) is 0 Å². The lowest BCUT2D eigenvalue weighted by Gasteiger charge is -2.34. The molecule has 0 heterocycles. The number of ketones is 1. The quantitative estimate of drug-likeness (QED) is 0.587. The van der Waals surface area contributed by atoms with Gasteiger partial charge in [0.2, 0.25) is 0 Å². The van der Waals surface area contributed by atoms with Crippen molar-refractivity contribution in [2.24, 2.45) is 5.41 Å². The number of carbonyl (C=O) groups excluding carboxylic acids is 1. The highest BCUT2D eigenvalue weighted by atomic mass is 16.1. The second kappa shape index (κ2) is 3.07. The molecule has 0 saturated heterocycles. The van der Waals surface area contributed by atoms with Crippen LogP contribution in [0.2, 0.25) is 0 Å². The molecule has 3 aliphatic carbocycles. The molecule has 1 nitrogen and oxygen atoms in total. The van der Waals surface area contributed by atoms with Gasteiger partial charge in [-0.3, -0.25) is 4.79 Å². The first-order valence-electron chi connectivity index (χ1n) is 6.14. The van der Waals surface area contributed by atoms with E-state index in [0.29, 0.717) is 5.78 Å². The van der Waals surface area contributed by atoms with Crippen molar-refractivity contribution in [2.45, 2.75) is 51.4 Å². The third-order valence-corrected chi connectivity index (χ3v) is 4.51. The van der Waals surface area contributed by atoms with Gasteiger partial charge >= 0.3 is 0 Å². The summed E-state index contributed by atoms with van der Waals surface area (Å²) in [5, 5.41) is 0. The maximum atomic E-state index is 12.0. The van der Waals surface area contributed by atoms with Crippen molar-refractivity contribution in [1.29, 1.82) is 0 Å². The Morgan fingerprint density at radius 2 is 1.93 bits per heavy atom. The van der Waals surface area contributed by atoms with Crippen LogP contribution >= 0.6 is 0 Å². The topological polar surface area (TPSA) is 17.1 Å². The summed E-state index contributed by atoms with van der Waals surface area (Å²) in [7, 11) is 0. The zero-order valence-corrected chi connectivity index (χ0v) is 9.27. The fourth-order valence-corrected chi connectivity index (χ4v) is 3.78. The zero-order chi connectivity index (χ0) is 10.5. The molecule has 3 rings (SSSR count). The van der Waals surface area contributed by atoms with Gasteiger partial charge in [0.1, 0.15) is 5.78 Å². The molecule has 0 aromatic heterocycles. The Morgan fingerprint density at radius 1 is 1.07 bits per heavy atom. The maximum absolute atomic E-state index is 12.0. The Balaban J connectivity index is 1.98. The third-order valence-electron chi connectivity index (χ3n) is 4.51. The van der Waals surface area contributed by atoms with E-state index in [1.807, 2.05) is 0 Å². The maximum Gasteiger partial charge on any atom is 0.139 e. The highest BCUT2D eigenvalue weighted by Gasteiger charge is 2.46. The fraction of sp³-hybridized carbons (Fsp3) is 0.643. The lowest BCUT2D eigenvalue weighted by molar-refractivity contribution is -0.125. The summed E-state index contributed by atoms with van der Waals surface area (Å²) in [6, 6.07) is 0. The van der Waals surface area contributed by atoms with Crippen molar-refractivity contribution in [3.63, 3.8) is 0 Å². The molecule has 0 bridgehead atoms. The second-order valence-corrected chi connectivity index (χ2v) is 5.45. The first-order chi connectivity index (χ1) is 7.21. The summed E-state index contributed by atoms with van der Waals surface area (Å²) >= 11 is 0. The Morgan fingerprint density at radius 3 is 2.67 bits per heavy atom. The van der Waals surface area contributed by atoms with Crippen molar-refractivity contribution >= 4 is 5.78 Å². The van der Waals surface area contributed by atoms with Crippen molar-refractivity contribution in [1.82, 2.24) is 0 Å². The van der Waals surface area contributed by atoms with Gasteiger partial charge in [0.25, 0.3) is 0 Å². The largest absolute Gasteiger partial charge is 0.299 e. The van der Waals surface area contributed by atoms with E-state index in [0.717, 1.165) is 32.1 Å². The van der Waals surface area contributed by atoms with E-state index in [9.17, 15) is 4.79 Å². The monoisotopic (exact) mass is 202 g/mol. The van der Waals surface area contributed by atoms with Crippen LogP contribution in [0, 0.1) is 5.41 Å². The Bertz CT molecular complexity index is 375. The molecule has 0 aromatic rings. The highest BCUT2D eigenvalue weighted by Crippen LogP contribution is 2.53. The van der Waals surface area contributed by atoms with Crippen LogP contribution in [-0.2, 0) is 4.79 Å². The summed E-state index contributed by atoms with van der Waals surface area (Å²) < 4.78 is 0. The molecule has 0 amide bonds. The summed E-state index contributed by atoms with van der Waals surface area (Å²) in [4.78, 5) is 12.0. The molecule has 3 aliphatic rings. The smallest absolute Gasteiger partial charge is 0.139 e. The van der Waals surface area contributed by atoms with Gasteiger partial charge in [-0.05, 0) is 50.5 Å². The van der Waals surface area contributed by atoms with Gasteiger partial charge < -0.3 is 0 Å². The number of hydrogen-bond donors (Lipinski definition) is 0. The second-order valence-electron chi connectivity index (χ2n) is 5.45. The van der Waals surface area contributed by atoms with E-state index in [1.54, 1.807) is 5.57 Å². The molecule has 80 valence electrons. The van der Waals surface area contributed by atoms with E-state index in [1.165, 1.54) is 30.4 Å². The molecule has 1 saturated carbocycles. The molecule has 0 N–H and O–H groups in total. The van der Waals surface area contributed by atoms with Crippen molar-refractivity contribution < 1.29 is 4.79 Å².